The van der Waals surface area contributed by atoms with Crippen LogP contribution in [0.1, 0.15) is 5.56 Å². The molecular weight excluding hydrogens is 224 g/mol. The average molecular weight is 233 g/mol. The van der Waals surface area contributed by atoms with Gasteiger partial charge < -0.3 is 14.9 Å². The molecule has 0 bridgehead atoms. The predicted octanol–water partition coefficient (Wildman–Crippen LogP) is 1.66. The van der Waals surface area contributed by atoms with Crippen LogP contribution in [0.15, 0.2) is 16.6 Å². The van der Waals surface area contributed by atoms with E-state index in [1.165, 1.54) is 7.11 Å². The molecule has 0 aromatic heterocycles. The molecule has 0 amide bonds. The number of aliphatic hydroxyl groups is 1. The zero-order valence-corrected chi connectivity index (χ0v) is 8.13. The van der Waals surface area contributed by atoms with Crippen molar-refractivity contribution >= 4 is 15.9 Å². The number of rotatable bonds is 2. The molecule has 0 heterocycles. The van der Waals surface area contributed by atoms with Crippen molar-refractivity contribution in [3.63, 3.8) is 0 Å². The molecule has 0 unspecified atom stereocenters. The van der Waals surface area contributed by atoms with Crippen LogP contribution in [0.3, 0.4) is 0 Å². The highest BCUT2D eigenvalue weighted by molar-refractivity contribution is 9.10. The fourth-order valence-corrected chi connectivity index (χ4v) is 1.36. The molecule has 0 spiro atoms. The normalized spacial score (nSPS) is 9.92. The first-order valence-electron chi connectivity index (χ1n) is 3.35. The van der Waals surface area contributed by atoms with E-state index in [0.29, 0.717) is 15.8 Å². The Labute approximate surface area is 78.7 Å². The van der Waals surface area contributed by atoms with Crippen LogP contribution in [-0.2, 0) is 6.61 Å². The first-order chi connectivity index (χ1) is 5.69. The maximum Gasteiger partial charge on any atom is 0.172 e. The van der Waals surface area contributed by atoms with Gasteiger partial charge in [0.05, 0.1) is 18.2 Å². The molecule has 4 heteroatoms. The molecule has 12 heavy (non-hydrogen) atoms. The zero-order chi connectivity index (χ0) is 9.14. The van der Waals surface area contributed by atoms with Gasteiger partial charge in [-0.25, -0.2) is 0 Å². The number of benzene rings is 1. The molecule has 0 fully saturated rings. The summed E-state index contributed by atoms with van der Waals surface area (Å²) in [5.74, 6) is 0.406. The van der Waals surface area contributed by atoms with Crippen LogP contribution in [0, 0.1) is 0 Å². The summed E-state index contributed by atoms with van der Waals surface area (Å²) in [6, 6.07) is 3.22. The van der Waals surface area contributed by atoms with E-state index in [1.807, 2.05) is 0 Å². The molecular formula is C8H9BrO3. The van der Waals surface area contributed by atoms with Gasteiger partial charge in [0.15, 0.2) is 11.5 Å². The van der Waals surface area contributed by atoms with Gasteiger partial charge in [-0.05, 0) is 33.6 Å². The van der Waals surface area contributed by atoms with Crippen molar-refractivity contribution in [1.29, 1.82) is 0 Å². The Morgan fingerprint density at radius 3 is 2.67 bits per heavy atom. The van der Waals surface area contributed by atoms with Crippen LogP contribution in [0.5, 0.6) is 11.5 Å². The van der Waals surface area contributed by atoms with E-state index in [-0.39, 0.29) is 12.4 Å². The van der Waals surface area contributed by atoms with E-state index in [0.717, 1.165) is 0 Å². The first-order valence-corrected chi connectivity index (χ1v) is 4.14. The monoisotopic (exact) mass is 232 g/mol. The Hall–Kier alpha value is -0.740. The third-order valence-electron chi connectivity index (χ3n) is 1.49. The molecule has 1 rings (SSSR count). The summed E-state index contributed by atoms with van der Waals surface area (Å²) in [7, 11) is 1.46. The Bertz CT molecular complexity index is 286. The van der Waals surface area contributed by atoms with Crippen LogP contribution < -0.4 is 4.74 Å². The fourth-order valence-electron chi connectivity index (χ4n) is 0.874. The van der Waals surface area contributed by atoms with Crippen molar-refractivity contribution in [2.24, 2.45) is 0 Å². The second-order valence-corrected chi connectivity index (χ2v) is 3.14. The van der Waals surface area contributed by atoms with Crippen molar-refractivity contribution in [3.05, 3.63) is 22.2 Å². The Kier molecular flexibility index (Phi) is 2.94. The van der Waals surface area contributed by atoms with Gasteiger partial charge in [0.1, 0.15) is 0 Å². The lowest BCUT2D eigenvalue weighted by Gasteiger charge is -2.06. The summed E-state index contributed by atoms with van der Waals surface area (Å²) < 4.78 is 5.40. The Balaban J connectivity index is 3.19. The van der Waals surface area contributed by atoms with Gasteiger partial charge in [0.2, 0.25) is 0 Å². The lowest BCUT2D eigenvalue weighted by atomic mass is 10.2. The maximum atomic E-state index is 9.36. The number of phenolic OH excluding ortho intramolecular Hbond substituents is 1. The minimum absolute atomic E-state index is 0.0506. The Morgan fingerprint density at radius 2 is 2.17 bits per heavy atom. The number of hydrogen-bond donors (Lipinski definition) is 2. The second kappa shape index (κ2) is 3.78. The number of hydrogen-bond acceptors (Lipinski definition) is 3. The maximum absolute atomic E-state index is 9.36. The summed E-state index contributed by atoms with van der Waals surface area (Å²) in [6.45, 7) is -0.0742. The smallest absolute Gasteiger partial charge is 0.172 e. The quantitative estimate of drug-likeness (QED) is 0.816. The molecule has 2 N–H and O–H groups in total. The molecule has 0 aliphatic carbocycles. The number of ether oxygens (including phenoxy) is 1. The predicted molar refractivity (Wildman–Crippen MR) is 48.3 cm³/mol. The van der Waals surface area contributed by atoms with E-state index in [1.54, 1.807) is 12.1 Å². The molecule has 66 valence electrons. The number of methoxy groups -OCH3 is 1. The SMILES string of the molecule is COc1cc(CO)cc(Br)c1O. The van der Waals surface area contributed by atoms with Crippen LogP contribution in [-0.4, -0.2) is 17.3 Å². The topological polar surface area (TPSA) is 49.7 Å². The molecule has 1 aromatic rings. The number of aromatic hydroxyl groups is 1. The number of aliphatic hydroxyl groups excluding tert-OH is 1. The number of phenols is 1. The molecule has 3 nitrogen and oxygen atoms in total. The summed E-state index contributed by atoms with van der Waals surface area (Å²) in [4.78, 5) is 0. The van der Waals surface area contributed by atoms with E-state index >= 15 is 0 Å². The minimum Gasteiger partial charge on any atom is -0.503 e. The fraction of sp³-hybridized carbons (Fsp3) is 0.250. The minimum atomic E-state index is -0.0742. The van der Waals surface area contributed by atoms with Crippen molar-refractivity contribution in [2.75, 3.05) is 7.11 Å². The van der Waals surface area contributed by atoms with E-state index in [4.69, 9.17) is 9.84 Å². The standard InChI is InChI=1S/C8H9BrO3/c1-12-7-3-5(4-10)2-6(9)8(7)11/h2-3,10-11H,4H2,1H3. The van der Waals surface area contributed by atoms with Crippen LogP contribution in [0.4, 0.5) is 0 Å². The highest BCUT2D eigenvalue weighted by Crippen LogP contribution is 2.34. The third kappa shape index (κ3) is 1.70. The molecule has 1 aromatic carbocycles. The highest BCUT2D eigenvalue weighted by atomic mass is 79.9. The third-order valence-corrected chi connectivity index (χ3v) is 2.10. The lowest BCUT2D eigenvalue weighted by molar-refractivity contribution is 0.280. The van der Waals surface area contributed by atoms with Gasteiger partial charge >= 0.3 is 0 Å². The average Bonchev–Trinajstić information content (AvgIpc) is 2.09. The van der Waals surface area contributed by atoms with Crippen LogP contribution in [0.2, 0.25) is 0 Å². The van der Waals surface area contributed by atoms with Crippen LogP contribution in [0.25, 0.3) is 0 Å². The van der Waals surface area contributed by atoms with Gasteiger partial charge in [0.25, 0.3) is 0 Å². The van der Waals surface area contributed by atoms with Gasteiger partial charge in [-0.2, -0.15) is 0 Å². The molecule has 0 radical (unpaired) electrons. The summed E-state index contributed by atoms with van der Waals surface area (Å²) >= 11 is 3.14. The highest BCUT2D eigenvalue weighted by Gasteiger charge is 2.07. The summed E-state index contributed by atoms with van der Waals surface area (Å²) in [5.41, 5.74) is 0.691. The van der Waals surface area contributed by atoms with Crippen molar-refractivity contribution in [3.8, 4) is 11.5 Å². The van der Waals surface area contributed by atoms with Gasteiger partial charge in [-0.3, -0.25) is 0 Å². The largest absolute Gasteiger partial charge is 0.503 e. The zero-order valence-electron chi connectivity index (χ0n) is 6.54. The lowest BCUT2D eigenvalue weighted by Crippen LogP contribution is -1.88. The van der Waals surface area contributed by atoms with Gasteiger partial charge in [-0.15, -0.1) is 0 Å². The van der Waals surface area contributed by atoms with Crippen LogP contribution >= 0.6 is 15.9 Å². The van der Waals surface area contributed by atoms with Gasteiger partial charge in [0, 0.05) is 0 Å². The van der Waals surface area contributed by atoms with Crippen molar-refractivity contribution < 1.29 is 14.9 Å². The van der Waals surface area contributed by atoms with E-state index < -0.39 is 0 Å². The van der Waals surface area contributed by atoms with Gasteiger partial charge in [-0.1, -0.05) is 0 Å². The molecule has 0 saturated heterocycles. The number of halogens is 1. The first kappa shape index (κ1) is 9.35. The molecule has 0 aliphatic rings. The second-order valence-electron chi connectivity index (χ2n) is 2.29. The molecule has 0 saturated carbocycles. The molecule has 0 atom stereocenters. The molecule has 0 aliphatic heterocycles. The summed E-state index contributed by atoms with van der Waals surface area (Å²) in [6.07, 6.45) is 0. The van der Waals surface area contributed by atoms with E-state index in [9.17, 15) is 5.11 Å². The van der Waals surface area contributed by atoms with E-state index in [2.05, 4.69) is 15.9 Å². The van der Waals surface area contributed by atoms with Crippen molar-refractivity contribution in [1.82, 2.24) is 0 Å². The van der Waals surface area contributed by atoms with Crippen molar-refractivity contribution in [2.45, 2.75) is 6.61 Å². The summed E-state index contributed by atoms with van der Waals surface area (Å²) in [5, 5.41) is 18.2. The Morgan fingerprint density at radius 1 is 1.50 bits per heavy atom.